The van der Waals surface area contributed by atoms with Crippen molar-refractivity contribution in [3.63, 3.8) is 0 Å². The first-order valence-corrected chi connectivity index (χ1v) is 8.79. The maximum absolute atomic E-state index is 12.9. The third-order valence-electron chi connectivity index (χ3n) is 4.68. The predicted molar refractivity (Wildman–Crippen MR) is 93.0 cm³/mol. The van der Waals surface area contributed by atoms with Crippen LogP contribution >= 0.6 is 0 Å². The molecule has 134 valence electrons. The Labute approximate surface area is 147 Å². The van der Waals surface area contributed by atoms with Gasteiger partial charge in [-0.05, 0) is 37.1 Å². The number of carbonyl (C=O) groups is 3. The quantitative estimate of drug-likeness (QED) is 0.753. The van der Waals surface area contributed by atoms with E-state index in [1.807, 2.05) is 17.0 Å². The van der Waals surface area contributed by atoms with Crippen molar-refractivity contribution in [2.24, 2.45) is 0 Å². The zero-order valence-electron chi connectivity index (χ0n) is 14.5. The SMILES string of the molecule is CCCN(C(=O)c1ccc(CN2C(=O)CNC2=O)cc1)C1CCNC1. The number of amides is 4. The highest BCUT2D eigenvalue weighted by Crippen LogP contribution is 2.16. The second kappa shape index (κ2) is 7.65. The van der Waals surface area contributed by atoms with Gasteiger partial charge in [-0.3, -0.25) is 14.5 Å². The van der Waals surface area contributed by atoms with E-state index in [4.69, 9.17) is 0 Å². The van der Waals surface area contributed by atoms with Crippen LogP contribution in [0.1, 0.15) is 35.7 Å². The van der Waals surface area contributed by atoms with Gasteiger partial charge in [0.15, 0.2) is 0 Å². The Morgan fingerprint density at radius 1 is 1.28 bits per heavy atom. The molecule has 0 aromatic heterocycles. The van der Waals surface area contributed by atoms with Crippen LogP contribution in [-0.2, 0) is 11.3 Å². The molecule has 2 heterocycles. The number of nitrogens with one attached hydrogen (secondary N) is 2. The van der Waals surface area contributed by atoms with Crippen molar-refractivity contribution in [3.8, 4) is 0 Å². The maximum atomic E-state index is 12.9. The lowest BCUT2D eigenvalue weighted by Crippen LogP contribution is -2.42. The van der Waals surface area contributed by atoms with Gasteiger partial charge in [0.05, 0.1) is 13.1 Å². The van der Waals surface area contributed by atoms with Gasteiger partial charge in [-0.2, -0.15) is 0 Å². The van der Waals surface area contributed by atoms with E-state index in [9.17, 15) is 14.4 Å². The van der Waals surface area contributed by atoms with Gasteiger partial charge >= 0.3 is 6.03 Å². The second-order valence-corrected chi connectivity index (χ2v) is 6.48. The van der Waals surface area contributed by atoms with E-state index in [1.54, 1.807) is 12.1 Å². The van der Waals surface area contributed by atoms with Gasteiger partial charge in [-0.1, -0.05) is 19.1 Å². The minimum absolute atomic E-state index is 0.0390. The molecule has 4 amide bonds. The molecular weight excluding hydrogens is 320 g/mol. The van der Waals surface area contributed by atoms with E-state index in [2.05, 4.69) is 17.6 Å². The molecule has 0 bridgehead atoms. The first-order chi connectivity index (χ1) is 12.1. The normalized spacial score (nSPS) is 20.0. The molecule has 0 radical (unpaired) electrons. The minimum atomic E-state index is -0.368. The highest BCUT2D eigenvalue weighted by Gasteiger charge is 2.29. The van der Waals surface area contributed by atoms with Crippen molar-refractivity contribution < 1.29 is 14.4 Å². The van der Waals surface area contributed by atoms with Gasteiger partial charge in [0.1, 0.15) is 0 Å². The molecule has 0 aliphatic carbocycles. The number of carbonyl (C=O) groups excluding carboxylic acids is 3. The first-order valence-electron chi connectivity index (χ1n) is 8.79. The summed E-state index contributed by atoms with van der Waals surface area (Å²) in [6.45, 7) is 4.89. The third kappa shape index (κ3) is 3.82. The van der Waals surface area contributed by atoms with Gasteiger partial charge in [-0.15, -0.1) is 0 Å². The number of hydrogen-bond donors (Lipinski definition) is 2. The van der Waals surface area contributed by atoms with Crippen molar-refractivity contribution in [1.29, 1.82) is 0 Å². The Balaban J connectivity index is 1.69. The Hall–Kier alpha value is -2.41. The topological polar surface area (TPSA) is 81.8 Å². The monoisotopic (exact) mass is 344 g/mol. The number of hydrogen-bond acceptors (Lipinski definition) is 4. The summed E-state index contributed by atoms with van der Waals surface area (Å²) in [5.41, 5.74) is 1.47. The van der Waals surface area contributed by atoms with Crippen LogP contribution in [0, 0.1) is 0 Å². The molecule has 1 unspecified atom stereocenters. The zero-order chi connectivity index (χ0) is 17.8. The van der Waals surface area contributed by atoms with Crippen LogP contribution in [0.25, 0.3) is 0 Å². The third-order valence-corrected chi connectivity index (χ3v) is 4.68. The molecule has 7 nitrogen and oxygen atoms in total. The minimum Gasteiger partial charge on any atom is -0.334 e. The van der Waals surface area contributed by atoms with E-state index in [-0.39, 0.29) is 37.0 Å². The van der Waals surface area contributed by atoms with Crippen molar-refractivity contribution in [2.75, 3.05) is 26.2 Å². The molecule has 2 saturated heterocycles. The fourth-order valence-electron chi connectivity index (χ4n) is 3.31. The molecular formula is C18H24N4O3. The van der Waals surface area contributed by atoms with Crippen LogP contribution in [0.3, 0.4) is 0 Å². The highest BCUT2D eigenvalue weighted by atomic mass is 16.2. The Morgan fingerprint density at radius 2 is 2.04 bits per heavy atom. The number of benzene rings is 1. The standard InChI is InChI=1S/C18H24N4O3/c1-2-9-21(15-7-8-19-10-15)17(24)14-5-3-13(4-6-14)12-22-16(23)11-20-18(22)25/h3-6,15,19H,2,7-12H2,1H3,(H,20,25). The first kappa shape index (κ1) is 17.4. The summed E-state index contributed by atoms with van der Waals surface area (Å²) in [4.78, 5) is 39.2. The molecule has 7 heteroatoms. The van der Waals surface area contributed by atoms with Crippen LogP contribution < -0.4 is 10.6 Å². The van der Waals surface area contributed by atoms with Gasteiger partial charge in [0, 0.05) is 24.7 Å². The van der Waals surface area contributed by atoms with E-state index in [0.717, 1.165) is 38.0 Å². The van der Waals surface area contributed by atoms with E-state index >= 15 is 0 Å². The summed E-state index contributed by atoms with van der Waals surface area (Å²) in [5.74, 6) is -0.190. The molecule has 3 rings (SSSR count). The summed E-state index contributed by atoms with van der Waals surface area (Å²) < 4.78 is 0. The largest absolute Gasteiger partial charge is 0.334 e. The molecule has 2 fully saturated rings. The lowest BCUT2D eigenvalue weighted by atomic mass is 10.1. The van der Waals surface area contributed by atoms with E-state index in [0.29, 0.717) is 5.56 Å². The van der Waals surface area contributed by atoms with E-state index in [1.165, 1.54) is 4.90 Å². The van der Waals surface area contributed by atoms with Crippen molar-refractivity contribution in [1.82, 2.24) is 20.4 Å². The predicted octanol–water partition coefficient (Wildman–Crippen LogP) is 0.952. The Kier molecular flexibility index (Phi) is 5.33. The van der Waals surface area contributed by atoms with Crippen LogP contribution in [-0.4, -0.2) is 59.9 Å². The molecule has 1 aromatic carbocycles. The summed E-state index contributed by atoms with van der Waals surface area (Å²) in [6.07, 6.45) is 1.91. The molecule has 25 heavy (non-hydrogen) atoms. The number of rotatable bonds is 6. The molecule has 1 atom stereocenters. The summed E-state index contributed by atoms with van der Waals surface area (Å²) in [5, 5.41) is 5.81. The van der Waals surface area contributed by atoms with Crippen LogP contribution in [0.2, 0.25) is 0 Å². The lowest BCUT2D eigenvalue weighted by molar-refractivity contribution is -0.125. The second-order valence-electron chi connectivity index (χ2n) is 6.48. The smallest absolute Gasteiger partial charge is 0.324 e. The van der Waals surface area contributed by atoms with Crippen molar-refractivity contribution >= 4 is 17.8 Å². The maximum Gasteiger partial charge on any atom is 0.324 e. The van der Waals surface area contributed by atoms with Crippen molar-refractivity contribution in [3.05, 3.63) is 35.4 Å². The summed E-state index contributed by atoms with van der Waals surface area (Å²) in [7, 11) is 0. The molecule has 0 saturated carbocycles. The molecule has 2 aliphatic rings. The van der Waals surface area contributed by atoms with E-state index < -0.39 is 0 Å². The van der Waals surface area contributed by atoms with Crippen LogP contribution in [0.4, 0.5) is 4.79 Å². The lowest BCUT2D eigenvalue weighted by Gasteiger charge is -2.28. The van der Waals surface area contributed by atoms with Gasteiger partial charge in [0.2, 0.25) is 5.91 Å². The summed E-state index contributed by atoms with van der Waals surface area (Å²) in [6, 6.07) is 7.06. The Morgan fingerprint density at radius 3 is 2.60 bits per heavy atom. The highest BCUT2D eigenvalue weighted by molar-refractivity contribution is 6.01. The zero-order valence-corrected chi connectivity index (χ0v) is 14.5. The van der Waals surface area contributed by atoms with Gasteiger partial charge in [0.25, 0.3) is 5.91 Å². The average Bonchev–Trinajstić information content (AvgIpc) is 3.25. The average molecular weight is 344 g/mol. The Bertz CT molecular complexity index is 637. The van der Waals surface area contributed by atoms with Crippen LogP contribution in [0.15, 0.2) is 24.3 Å². The van der Waals surface area contributed by atoms with Gasteiger partial charge < -0.3 is 15.5 Å². The molecule has 1 aromatic rings. The van der Waals surface area contributed by atoms with Crippen molar-refractivity contribution in [2.45, 2.75) is 32.4 Å². The number of nitrogens with zero attached hydrogens (tertiary/aromatic N) is 2. The number of imide groups is 1. The molecule has 2 aliphatic heterocycles. The fraction of sp³-hybridized carbons (Fsp3) is 0.500. The van der Waals surface area contributed by atoms with Crippen LogP contribution in [0.5, 0.6) is 0 Å². The number of urea groups is 1. The molecule has 2 N–H and O–H groups in total. The fourth-order valence-corrected chi connectivity index (χ4v) is 3.31. The molecule has 0 spiro atoms. The van der Waals surface area contributed by atoms with Gasteiger partial charge in [-0.25, -0.2) is 4.79 Å². The summed E-state index contributed by atoms with van der Waals surface area (Å²) >= 11 is 0.